The van der Waals surface area contributed by atoms with Crippen LogP contribution >= 0.6 is 12.2 Å². The molecule has 3 aromatic rings. The van der Waals surface area contributed by atoms with Crippen molar-refractivity contribution in [3.63, 3.8) is 0 Å². The third-order valence-corrected chi connectivity index (χ3v) is 3.83. The highest BCUT2D eigenvalue weighted by Gasteiger charge is 2.06. The normalized spacial score (nSPS) is 10.8. The Kier molecular flexibility index (Phi) is 5.65. The van der Waals surface area contributed by atoms with E-state index < -0.39 is 0 Å². The van der Waals surface area contributed by atoms with Gasteiger partial charge in [-0.2, -0.15) is 14.9 Å². The van der Waals surface area contributed by atoms with Gasteiger partial charge in [0.05, 0.1) is 20.4 Å². The van der Waals surface area contributed by atoms with E-state index >= 15 is 0 Å². The second kappa shape index (κ2) is 8.30. The van der Waals surface area contributed by atoms with Crippen molar-refractivity contribution in [2.45, 2.75) is 6.61 Å². The molecule has 26 heavy (non-hydrogen) atoms. The Morgan fingerprint density at radius 1 is 1.08 bits per heavy atom. The minimum Gasteiger partial charge on any atom is -0.497 e. The topological polar surface area (TPSA) is 73.7 Å². The number of hydrogen-bond acceptors (Lipinski definition) is 6. The van der Waals surface area contributed by atoms with E-state index in [0.717, 1.165) is 17.1 Å². The monoisotopic (exact) mass is 370 g/mol. The number of H-pyrrole nitrogens is 1. The highest BCUT2D eigenvalue weighted by molar-refractivity contribution is 7.71. The summed E-state index contributed by atoms with van der Waals surface area (Å²) >= 11 is 5.23. The van der Waals surface area contributed by atoms with Crippen molar-refractivity contribution in [2.24, 2.45) is 5.10 Å². The number of nitrogens with one attached hydrogen (secondary N) is 1. The number of aromatic nitrogens is 3. The van der Waals surface area contributed by atoms with Crippen molar-refractivity contribution < 1.29 is 14.2 Å². The molecule has 0 unspecified atom stereocenters. The Morgan fingerprint density at radius 3 is 2.54 bits per heavy atom. The number of nitrogens with zero attached hydrogens (tertiary/aromatic N) is 3. The van der Waals surface area contributed by atoms with E-state index in [1.54, 1.807) is 26.5 Å². The zero-order valence-electron chi connectivity index (χ0n) is 14.4. The van der Waals surface area contributed by atoms with Crippen molar-refractivity contribution in [2.75, 3.05) is 14.2 Å². The molecule has 8 heteroatoms. The molecule has 0 amide bonds. The molecule has 7 nitrogen and oxygen atoms in total. The molecule has 0 bridgehead atoms. The van der Waals surface area contributed by atoms with Crippen LogP contribution in [0.25, 0.3) is 0 Å². The van der Waals surface area contributed by atoms with Crippen molar-refractivity contribution in [1.82, 2.24) is 14.9 Å². The zero-order valence-corrected chi connectivity index (χ0v) is 15.2. The molecule has 134 valence electrons. The van der Waals surface area contributed by atoms with Crippen molar-refractivity contribution in [3.8, 4) is 17.2 Å². The smallest absolute Gasteiger partial charge is 0.216 e. The van der Waals surface area contributed by atoms with Gasteiger partial charge in [-0.15, -0.1) is 0 Å². The summed E-state index contributed by atoms with van der Waals surface area (Å²) in [7, 11) is 3.24. The lowest BCUT2D eigenvalue weighted by Crippen LogP contribution is -2.04. The van der Waals surface area contributed by atoms with Crippen LogP contribution in [0.4, 0.5) is 0 Å². The number of methoxy groups -OCH3 is 2. The first-order valence-electron chi connectivity index (χ1n) is 7.81. The number of benzene rings is 2. The molecule has 2 aromatic carbocycles. The highest BCUT2D eigenvalue weighted by atomic mass is 32.1. The second-order valence-corrected chi connectivity index (χ2v) is 5.63. The summed E-state index contributed by atoms with van der Waals surface area (Å²) in [4.78, 5) is 0. The van der Waals surface area contributed by atoms with Crippen molar-refractivity contribution in [1.29, 1.82) is 0 Å². The van der Waals surface area contributed by atoms with Gasteiger partial charge in [-0.1, -0.05) is 6.07 Å². The van der Waals surface area contributed by atoms with E-state index in [1.807, 2.05) is 42.5 Å². The maximum Gasteiger partial charge on any atom is 0.216 e. The summed E-state index contributed by atoms with van der Waals surface area (Å²) in [5.74, 6) is 2.74. The third kappa shape index (κ3) is 4.28. The van der Waals surface area contributed by atoms with Gasteiger partial charge in [-0.05, 0) is 54.2 Å². The minimum atomic E-state index is 0.209. The van der Waals surface area contributed by atoms with Gasteiger partial charge in [0, 0.05) is 6.07 Å². The van der Waals surface area contributed by atoms with Crippen LogP contribution in [0.5, 0.6) is 17.2 Å². The van der Waals surface area contributed by atoms with Gasteiger partial charge >= 0.3 is 0 Å². The van der Waals surface area contributed by atoms with Crippen LogP contribution in [0, 0.1) is 4.77 Å². The number of ether oxygens (including phenoxy) is 3. The molecule has 0 aliphatic rings. The maximum atomic E-state index is 5.75. The Labute approximate surface area is 155 Å². The average molecular weight is 370 g/mol. The van der Waals surface area contributed by atoms with Gasteiger partial charge in [0.15, 0.2) is 5.82 Å². The first-order chi connectivity index (χ1) is 12.7. The lowest BCUT2D eigenvalue weighted by Gasteiger charge is -2.07. The van der Waals surface area contributed by atoms with Gasteiger partial charge in [0.2, 0.25) is 4.77 Å². The second-order valence-electron chi connectivity index (χ2n) is 5.24. The van der Waals surface area contributed by atoms with Crippen LogP contribution in [0.2, 0.25) is 0 Å². The predicted octanol–water partition coefficient (Wildman–Crippen LogP) is 3.42. The van der Waals surface area contributed by atoms with E-state index in [1.165, 1.54) is 4.68 Å². The summed E-state index contributed by atoms with van der Waals surface area (Å²) in [6, 6.07) is 14.9. The van der Waals surface area contributed by atoms with E-state index in [-0.39, 0.29) is 6.61 Å². The Balaban J connectivity index is 1.73. The Hall–Kier alpha value is -3.13. The third-order valence-electron chi connectivity index (χ3n) is 3.56. The molecule has 0 spiro atoms. The van der Waals surface area contributed by atoms with Gasteiger partial charge in [0.1, 0.15) is 23.9 Å². The molecule has 3 rings (SSSR count). The Bertz CT molecular complexity index is 948. The van der Waals surface area contributed by atoms with Crippen LogP contribution in [-0.4, -0.2) is 35.3 Å². The van der Waals surface area contributed by atoms with E-state index in [9.17, 15) is 0 Å². The summed E-state index contributed by atoms with van der Waals surface area (Å²) in [6.07, 6.45) is 1.69. The van der Waals surface area contributed by atoms with Crippen LogP contribution < -0.4 is 14.2 Å². The van der Waals surface area contributed by atoms with Gasteiger partial charge in [0.25, 0.3) is 0 Å². The largest absolute Gasteiger partial charge is 0.497 e. The molecule has 0 saturated carbocycles. The quantitative estimate of drug-likeness (QED) is 0.510. The fourth-order valence-electron chi connectivity index (χ4n) is 2.19. The minimum absolute atomic E-state index is 0.209. The fraction of sp³-hybridized carbons (Fsp3) is 0.167. The van der Waals surface area contributed by atoms with Crippen LogP contribution in [0.15, 0.2) is 53.6 Å². The standard InChI is InChI=1S/C18H18N4O3S/c1-23-14-8-6-13(7-9-14)11-19-22-17(20-21-18(22)26)12-25-16-5-3-4-15(10-16)24-2/h3-11H,12H2,1-2H3,(H,21,26)/b19-11-. The summed E-state index contributed by atoms with van der Waals surface area (Å²) in [5, 5.41) is 11.3. The first-order valence-corrected chi connectivity index (χ1v) is 8.22. The summed E-state index contributed by atoms with van der Waals surface area (Å²) in [5.41, 5.74) is 0.911. The number of rotatable bonds is 7. The average Bonchev–Trinajstić information content (AvgIpc) is 3.05. The molecular formula is C18H18N4O3S. The predicted molar refractivity (Wildman–Crippen MR) is 101 cm³/mol. The number of aromatic amines is 1. The van der Waals surface area contributed by atoms with Crippen LogP contribution in [0.1, 0.15) is 11.4 Å². The van der Waals surface area contributed by atoms with Crippen molar-refractivity contribution >= 4 is 18.4 Å². The summed E-state index contributed by atoms with van der Waals surface area (Å²) in [6.45, 7) is 0.209. The Morgan fingerprint density at radius 2 is 1.81 bits per heavy atom. The lowest BCUT2D eigenvalue weighted by atomic mass is 10.2. The van der Waals surface area contributed by atoms with Crippen LogP contribution in [0.3, 0.4) is 0 Å². The molecular weight excluding hydrogens is 352 g/mol. The SMILES string of the molecule is COc1ccc(/C=N\n2c(COc3cccc(OC)c3)n[nH]c2=S)cc1. The molecule has 1 heterocycles. The molecule has 1 aromatic heterocycles. The molecule has 1 N–H and O–H groups in total. The molecule has 0 saturated heterocycles. The molecule has 0 atom stereocenters. The van der Waals surface area contributed by atoms with Crippen molar-refractivity contribution in [3.05, 3.63) is 64.7 Å². The van der Waals surface area contributed by atoms with Gasteiger partial charge < -0.3 is 14.2 Å². The fourth-order valence-corrected chi connectivity index (χ4v) is 2.39. The van der Waals surface area contributed by atoms with E-state index in [4.69, 9.17) is 26.4 Å². The molecule has 0 aliphatic carbocycles. The molecule has 0 fully saturated rings. The molecule has 0 aliphatic heterocycles. The van der Waals surface area contributed by atoms with E-state index in [0.29, 0.717) is 16.3 Å². The van der Waals surface area contributed by atoms with Gasteiger partial charge in [-0.25, -0.2) is 5.10 Å². The zero-order chi connectivity index (χ0) is 18.4. The summed E-state index contributed by atoms with van der Waals surface area (Å²) < 4.78 is 18.0. The molecule has 0 radical (unpaired) electrons. The van der Waals surface area contributed by atoms with E-state index in [2.05, 4.69) is 15.3 Å². The number of hydrogen-bond donors (Lipinski definition) is 1. The lowest BCUT2D eigenvalue weighted by molar-refractivity contribution is 0.288. The maximum absolute atomic E-state index is 5.75. The highest BCUT2D eigenvalue weighted by Crippen LogP contribution is 2.19. The first kappa shape index (κ1) is 17.7. The van der Waals surface area contributed by atoms with Gasteiger partial charge in [-0.3, -0.25) is 0 Å². The van der Waals surface area contributed by atoms with Crippen LogP contribution in [-0.2, 0) is 6.61 Å².